The second-order valence-electron chi connectivity index (χ2n) is 3.72. The van der Waals surface area contributed by atoms with E-state index in [1.54, 1.807) is 11.3 Å². The molecule has 17 heavy (non-hydrogen) atoms. The molecule has 0 saturated carbocycles. The molecule has 0 bridgehead atoms. The fourth-order valence-electron chi connectivity index (χ4n) is 2.19. The van der Waals surface area contributed by atoms with Gasteiger partial charge in [-0.1, -0.05) is 11.5 Å². The van der Waals surface area contributed by atoms with Crippen LogP contribution in [0.4, 0.5) is 0 Å². The molecule has 1 radical (unpaired) electrons. The van der Waals surface area contributed by atoms with Crippen molar-refractivity contribution in [3.05, 3.63) is 48.1 Å². The standard InChI is InChI=1S/C13H7N2S.Ir/c1-2-4-10-9(3-1)11-5-8-16-13(11)15-7-6-14-12(10)15;/h1-3,5-8H;/q-1;. The van der Waals surface area contributed by atoms with Crippen LogP contribution in [0.25, 0.3) is 26.6 Å². The first-order valence-electron chi connectivity index (χ1n) is 5.08. The smallest absolute Gasteiger partial charge is 0.0907 e. The van der Waals surface area contributed by atoms with Crippen LogP contribution in [0.2, 0.25) is 0 Å². The Morgan fingerprint density at radius 1 is 1.24 bits per heavy atom. The van der Waals surface area contributed by atoms with Gasteiger partial charge in [0.15, 0.2) is 0 Å². The summed E-state index contributed by atoms with van der Waals surface area (Å²) < 4.78 is 2.14. The van der Waals surface area contributed by atoms with Crippen molar-refractivity contribution in [1.29, 1.82) is 0 Å². The Bertz CT molecular complexity index is 747. The molecule has 3 heterocycles. The third-order valence-corrected chi connectivity index (χ3v) is 3.79. The van der Waals surface area contributed by atoms with Crippen LogP contribution in [-0.4, -0.2) is 9.38 Å². The quantitative estimate of drug-likeness (QED) is 0.402. The average Bonchev–Trinajstić information content (AvgIpc) is 2.98. The van der Waals surface area contributed by atoms with Gasteiger partial charge in [0.05, 0.1) is 10.5 Å². The fourth-order valence-corrected chi connectivity index (χ4v) is 3.09. The van der Waals surface area contributed by atoms with Crippen LogP contribution in [0.5, 0.6) is 0 Å². The fraction of sp³-hybridized carbons (Fsp3) is 0. The minimum absolute atomic E-state index is 0. The number of fused-ring (bicyclic) bond motifs is 6. The predicted molar refractivity (Wildman–Crippen MR) is 66.9 cm³/mol. The second kappa shape index (κ2) is 3.91. The van der Waals surface area contributed by atoms with Crippen LogP contribution in [0, 0.1) is 6.07 Å². The summed E-state index contributed by atoms with van der Waals surface area (Å²) in [5.74, 6) is 0. The molecule has 4 rings (SSSR count). The summed E-state index contributed by atoms with van der Waals surface area (Å²) in [5.41, 5.74) is 0.991. The zero-order valence-electron chi connectivity index (χ0n) is 8.68. The van der Waals surface area contributed by atoms with E-state index in [0.29, 0.717) is 0 Å². The summed E-state index contributed by atoms with van der Waals surface area (Å²) >= 11 is 1.75. The third kappa shape index (κ3) is 1.38. The monoisotopic (exact) mass is 416 g/mol. The van der Waals surface area contributed by atoms with Gasteiger partial charge in [-0.15, -0.1) is 41.0 Å². The van der Waals surface area contributed by atoms with Crippen LogP contribution >= 0.6 is 11.3 Å². The maximum atomic E-state index is 4.41. The molecule has 0 aliphatic carbocycles. The van der Waals surface area contributed by atoms with Crippen molar-refractivity contribution in [1.82, 2.24) is 9.38 Å². The molecule has 0 N–H and O–H groups in total. The van der Waals surface area contributed by atoms with Crippen LogP contribution in [0.1, 0.15) is 0 Å². The Hall–Kier alpha value is -1.22. The first kappa shape index (κ1) is 10.9. The maximum Gasteiger partial charge on any atom is 0.0907 e. The average molecular weight is 415 g/mol. The molecule has 2 nitrogen and oxygen atoms in total. The third-order valence-electron chi connectivity index (χ3n) is 2.87. The summed E-state index contributed by atoms with van der Waals surface area (Å²) in [6, 6.07) is 11.5. The Morgan fingerprint density at radius 2 is 2.18 bits per heavy atom. The first-order valence-corrected chi connectivity index (χ1v) is 5.96. The number of imidazole rings is 1. The van der Waals surface area contributed by atoms with Crippen molar-refractivity contribution in [2.75, 3.05) is 0 Å². The molecule has 0 aliphatic heterocycles. The van der Waals surface area contributed by atoms with E-state index in [1.807, 2.05) is 24.5 Å². The van der Waals surface area contributed by atoms with Gasteiger partial charge in [0, 0.05) is 32.5 Å². The van der Waals surface area contributed by atoms with Crippen LogP contribution in [0.15, 0.2) is 42.0 Å². The number of nitrogens with zero attached hydrogens (tertiary/aromatic N) is 2. The molecule has 0 spiro atoms. The molecular formula is C13H7IrN2S-. The normalized spacial score (nSPS) is 11.1. The molecule has 4 heteroatoms. The van der Waals surface area contributed by atoms with E-state index < -0.39 is 0 Å². The van der Waals surface area contributed by atoms with Gasteiger partial charge in [0.1, 0.15) is 0 Å². The zero-order chi connectivity index (χ0) is 10.5. The number of benzene rings is 1. The maximum absolute atomic E-state index is 4.41. The van der Waals surface area contributed by atoms with E-state index in [4.69, 9.17) is 0 Å². The first-order chi connectivity index (χ1) is 7.95. The molecule has 1 aromatic carbocycles. The van der Waals surface area contributed by atoms with Crippen LogP contribution < -0.4 is 0 Å². The van der Waals surface area contributed by atoms with E-state index in [2.05, 4.69) is 33.0 Å². The van der Waals surface area contributed by atoms with E-state index in [-0.39, 0.29) is 20.1 Å². The summed E-state index contributed by atoms with van der Waals surface area (Å²) in [6.07, 6.45) is 3.85. The van der Waals surface area contributed by atoms with Gasteiger partial charge in [-0.2, -0.15) is 0 Å². The van der Waals surface area contributed by atoms with Gasteiger partial charge >= 0.3 is 0 Å². The van der Waals surface area contributed by atoms with Crippen LogP contribution in [0.3, 0.4) is 0 Å². The van der Waals surface area contributed by atoms with Gasteiger partial charge in [0.25, 0.3) is 0 Å². The SMILES string of the molecule is [Ir].[c-]1cccc2c1c1nccn1c1sccc21. The minimum atomic E-state index is 0. The van der Waals surface area contributed by atoms with Crippen molar-refractivity contribution < 1.29 is 20.1 Å². The van der Waals surface area contributed by atoms with Gasteiger partial charge in [-0.05, 0) is 10.8 Å². The summed E-state index contributed by atoms with van der Waals surface area (Å²) in [4.78, 5) is 5.66. The van der Waals surface area contributed by atoms with Crippen LogP contribution in [-0.2, 0) is 20.1 Å². The van der Waals surface area contributed by atoms with E-state index >= 15 is 0 Å². The van der Waals surface area contributed by atoms with Crippen molar-refractivity contribution in [2.24, 2.45) is 0 Å². The van der Waals surface area contributed by atoms with Crippen molar-refractivity contribution in [3.63, 3.8) is 0 Å². The Morgan fingerprint density at radius 3 is 3.12 bits per heavy atom. The molecule has 0 aliphatic rings. The molecule has 4 aromatic rings. The van der Waals surface area contributed by atoms with E-state index in [1.165, 1.54) is 15.6 Å². The van der Waals surface area contributed by atoms with Gasteiger partial charge in [-0.3, -0.25) is 4.98 Å². The Kier molecular flexibility index (Phi) is 2.51. The molecule has 0 saturated heterocycles. The molecule has 0 unspecified atom stereocenters. The molecule has 0 amide bonds. The van der Waals surface area contributed by atoms with Crippen molar-refractivity contribution in [3.8, 4) is 0 Å². The van der Waals surface area contributed by atoms with Gasteiger partial charge in [0.2, 0.25) is 0 Å². The number of pyridine rings is 1. The number of hydrogen-bond acceptors (Lipinski definition) is 2. The van der Waals surface area contributed by atoms with E-state index in [0.717, 1.165) is 11.0 Å². The second-order valence-corrected chi connectivity index (χ2v) is 4.61. The van der Waals surface area contributed by atoms with Crippen molar-refractivity contribution in [2.45, 2.75) is 0 Å². The Labute approximate surface area is 115 Å². The molecule has 3 aromatic heterocycles. The number of hydrogen-bond donors (Lipinski definition) is 0. The largest absolute Gasteiger partial charge is 0.332 e. The number of rotatable bonds is 0. The molecule has 0 fully saturated rings. The summed E-state index contributed by atoms with van der Waals surface area (Å²) in [6.45, 7) is 0. The van der Waals surface area contributed by atoms with E-state index in [9.17, 15) is 0 Å². The Balaban J connectivity index is 0.000000902. The van der Waals surface area contributed by atoms with Gasteiger partial charge < -0.3 is 4.40 Å². The predicted octanol–water partition coefficient (Wildman–Crippen LogP) is 3.50. The topological polar surface area (TPSA) is 17.3 Å². The number of thiophene rings is 1. The van der Waals surface area contributed by atoms with Gasteiger partial charge in [-0.25, -0.2) is 0 Å². The molecule has 85 valence electrons. The summed E-state index contributed by atoms with van der Waals surface area (Å²) in [5, 5.41) is 5.73. The van der Waals surface area contributed by atoms with Crippen molar-refractivity contribution >= 4 is 38.0 Å². The zero-order valence-corrected chi connectivity index (χ0v) is 11.9. The molecule has 0 atom stereocenters. The molecular weight excluding hydrogens is 408 g/mol. The minimum Gasteiger partial charge on any atom is -0.332 e. The summed E-state index contributed by atoms with van der Waals surface area (Å²) in [7, 11) is 0. The number of aromatic nitrogens is 2.